The summed E-state index contributed by atoms with van der Waals surface area (Å²) in [6.07, 6.45) is 2.96. The van der Waals surface area contributed by atoms with Crippen LogP contribution in [0.2, 0.25) is 5.32 Å². The molecule has 0 radical (unpaired) electrons. The molecule has 1 nitrogen and oxygen atoms in total. The first-order chi connectivity index (χ1) is 7.45. The molecular formula is C13H13NSe. The van der Waals surface area contributed by atoms with Crippen molar-refractivity contribution in [2.24, 2.45) is 0 Å². The Balaban J connectivity index is 1.81. The van der Waals surface area contributed by atoms with Crippen LogP contribution in [0, 0.1) is 0 Å². The van der Waals surface area contributed by atoms with Gasteiger partial charge in [0.25, 0.3) is 0 Å². The molecule has 0 atom stereocenters. The SMILES string of the molecule is c1ccc([Se]CCc2ccccn2)cc1. The summed E-state index contributed by atoms with van der Waals surface area (Å²) in [7, 11) is 0. The molecule has 76 valence electrons. The van der Waals surface area contributed by atoms with E-state index in [1.165, 1.54) is 15.5 Å². The van der Waals surface area contributed by atoms with Crippen LogP contribution in [-0.2, 0) is 6.42 Å². The molecule has 1 heterocycles. The molecular weight excluding hydrogens is 249 g/mol. The Labute approximate surface area is 96.7 Å². The Morgan fingerprint density at radius 3 is 2.47 bits per heavy atom. The van der Waals surface area contributed by atoms with Crippen molar-refractivity contribution in [3.63, 3.8) is 0 Å². The fourth-order valence-electron chi connectivity index (χ4n) is 1.34. The van der Waals surface area contributed by atoms with Gasteiger partial charge in [0.1, 0.15) is 0 Å². The molecule has 0 aliphatic heterocycles. The van der Waals surface area contributed by atoms with Crippen LogP contribution >= 0.6 is 0 Å². The normalized spacial score (nSPS) is 10.1. The van der Waals surface area contributed by atoms with Crippen molar-refractivity contribution in [2.45, 2.75) is 11.7 Å². The molecule has 0 amide bonds. The molecule has 0 spiro atoms. The van der Waals surface area contributed by atoms with Crippen LogP contribution in [0.3, 0.4) is 0 Å². The topological polar surface area (TPSA) is 12.9 Å². The van der Waals surface area contributed by atoms with E-state index in [0.717, 1.165) is 6.42 Å². The maximum atomic E-state index is 4.32. The van der Waals surface area contributed by atoms with Gasteiger partial charge in [-0.2, -0.15) is 0 Å². The molecule has 0 N–H and O–H groups in total. The summed E-state index contributed by atoms with van der Waals surface area (Å²) in [6.45, 7) is 0. The Hall–Kier alpha value is -1.11. The molecule has 15 heavy (non-hydrogen) atoms. The first-order valence-electron chi connectivity index (χ1n) is 5.03. The second kappa shape index (κ2) is 5.69. The molecule has 2 heteroatoms. The summed E-state index contributed by atoms with van der Waals surface area (Å²) in [4.78, 5) is 4.32. The van der Waals surface area contributed by atoms with Crippen molar-refractivity contribution < 1.29 is 0 Å². The first-order valence-corrected chi connectivity index (χ1v) is 7.10. The molecule has 1 aromatic heterocycles. The van der Waals surface area contributed by atoms with Gasteiger partial charge in [0.15, 0.2) is 0 Å². The first kappa shape index (κ1) is 10.4. The summed E-state index contributed by atoms with van der Waals surface area (Å²) >= 11 is 0.582. The van der Waals surface area contributed by atoms with E-state index in [4.69, 9.17) is 0 Å². The molecule has 1 aromatic carbocycles. The summed E-state index contributed by atoms with van der Waals surface area (Å²) in [5.74, 6) is 0. The Morgan fingerprint density at radius 1 is 0.933 bits per heavy atom. The van der Waals surface area contributed by atoms with Crippen molar-refractivity contribution in [1.29, 1.82) is 0 Å². The van der Waals surface area contributed by atoms with Crippen molar-refractivity contribution >= 4 is 19.4 Å². The number of aromatic nitrogens is 1. The van der Waals surface area contributed by atoms with E-state index in [9.17, 15) is 0 Å². The van der Waals surface area contributed by atoms with Gasteiger partial charge in [0.2, 0.25) is 0 Å². The van der Waals surface area contributed by atoms with Crippen molar-refractivity contribution in [1.82, 2.24) is 4.98 Å². The number of hydrogen-bond acceptors (Lipinski definition) is 1. The average Bonchev–Trinajstić information content (AvgIpc) is 2.32. The van der Waals surface area contributed by atoms with Crippen molar-refractivity contribution in [3.8, 4) is 0 Å². The van der Waals surface area contributed by atoms with Crippen LogP contribution in [0.25, 0.3) is 0 Å². The van der Waals surface area contributed by atoms with E-state index in [-0.39, 0.29) is 0 Å². The number of aryl methyl sites for hydroxylation is 1. The van der Waals surface area contributed by atoms with E-state index in [0.29, 0.717) is 15.0 Å². The maximum absolute atomic E-state index is 4.32. The van der Waals surface area contributed by atoms with Gasteiger partial charge in [-0.15, -0.1) is 0 Å². The summed E-state index contributed by atoms with van der Waals surface area (Å²) < 4.78 is 1.47. The fourth-order valence-corrected chi connectivity index (χ4v) is 3.22. The Morgan fingerprint density at radius 2 is 1.73 bits per heavy atom. The zero-order valence-corrected chi connectivity index (χ0v) is 10.2. The molecule has 0 unspecified atom stereocenters. The second-order valence-electron chi connectivity index (χ2n) is 3.23. The van der Waals surface area contributed by atoms with Gasteiger partial charge in [0, 0.05) is 0 Å². The van der Waals surface area contributed by atoms with Crippen molar-refractivity contribution in [3.05, 3.63) is 60.4 Å². The predicted octanol–water partition coefficient (Wildman–Crippen LogP) is 2.07. The quantitative estimate of drug-likeness (QED) is 0.769. The van der Waals surface area contributed by atoms with Gasteiger partial charge in [-0.25, -0.2) is 0 Å². The third kappa shape index (κ3) is 3.50. The summed E-state index contributed by atoms with van der Waals surface area (Å²) in [6, 6.07) is 16.8. The third-order valence-corrected chi connectivity index (χ3v) is 4.22. The minimum absolute atomic E-state index is 0.582. The molecule has 0 aliphatic carbocycles. The number of rotatable bonds is 4. The van der Waals surface area contributed by atoms with Crippen molar-refractivity contribution in [2.75, 3.05) is 0 Å². The van der Waals surface area contributed by atoms with Crippen LogP contribution < -0.4 is 4.46 Å². The molecule has 0 aliphatic rings. The summed E-state index contributed by atoms with van der Waals surface area (Å²) in [5, 5.41) is 1.23. The molecule has 0 fully saturated rings. The molecule has 0 bridgehead atoms. The van der Waals surface area contributed by atoms with Gasteiger partial charge >= 0.3 is 96.6 Å². The fraction of sp³-hybridized carbons (Fsp3) is 0.154. The van der Waals surface area contributed by atoms with Crippen LogP contribution in [0.4, 0.5) is 0 Å². The second-order valence-corrected chi connectivity index (χ2v) is 5.68. The monoisotopic (exact) mass is 263 g/mol. The van der Waals surface area contributed by atoms with E-state index in [2.05, 4.69) is 47.4 Å². The molecule has 2 aromatic rings. The number of hydrogen-bond donors (Lipinski definition) is 0. The van der Waals surface area contributed by atoms with E-state index in [1.807, 2.05) is 12.3 Å². The van der Waals surface area contributed by atoms with Gasteiger partial charge in [-0.05, 0) is 0 Å². The predicted molar refractivity (Wildman–Crippen MR) is 64.6 cm³/mol. The minimum atomic E-state index is 0.582. The van der Waals surface area contributed by atoms with Crippen LogP contribution in [-0.4, -0.2) is 19.9 Å². The van der Waals surface area contributed by atoms with Gasteiger partial charge in [-0.3, -0.25) is 0 Å². The summed E-state index contributed by atoms with van der Waals surface area (Å²) in [5.41, 5.74) is 1.20. The van der Waals surface area contributed by atoms with Gasteiger partial charge < -0.3 is 0 Å². The van der Waals surface area contributed by atoms with E-state index < -0.39 is 0 Å². The van der Waals surface area contributed by atoms with Gasteiger partial charge in [0.05, 0.1) is 0 Å². The molecule has 2 rings (SSSR count). The number of nitrogens with zero attached hydrogens (tertiary/aromatic N) is 1. The van der Waals surface area contributed by atoms with Crippen LogP contribution in [0.5, 0.6) is 0 Å². The number of benzene rings is 1. The van der Waals surface area contributed by atoms with Crippen LogP contribution in [0.15, 0.2) is 54.7 Å². The Bertz CT molecular complexity index is 346. The van der Waals surface area contributed by atoms with E-state index in [1.54, 1.807) is 0 Å². The third-order valence-electron chi connectivity index (χ3n) is 2.10. The standard InChI is InChI=1S/C13H13NSe/c1-2-7-13(8-3-1)15-11-9-12-6-4-5-10-14-12/h1-8,10H,9,11H2. The van der Waals surface area contributed by atoms with Gasteiger partial charge in [-0.1, -0.05) is 0 Å². The zero-order chi connectivity index (χ0) is 10.3. The Kier molecular flexibility index (Phi) is 3.95. The number of pyridine rings is 1. The van der Waals surface area contributed by atoms with E-state index >= 15 is 0 Å². The average molecular weight is 262 g/mol. The molecule has 0 saturated heterocycles. The van der Waals surface area contributed by atoms with Crippen LogP contribution in [0.1, 0.15) is 5.69 Å². The zero-order valence-electron chi connectivity index (χ0n) is 8.47. The molecule has 0 saturated carbocycles.